The van der Waals surface area contributed by atoms with Crippen molar-refractivity contribution in [1.29, 1.82) is 0 Å². The van der Waals surface area contributed by atoms with Crippen LogP contribution in [0, 0.1) is 0 Å². The summed E-state index contributed by atoms with van der Waals surface area (Å²) in [5, 5.41) is 0. The van der Waals surface area contributed by atoms with Gasteiger partial charge in [0, 0.05) is 22.4 Å². The molecule has 1 saturated heterocycles. The molecule has 0 saturated carbocycles. The normalized spacial score (nSPS) is 32.1. The summed E-state index contributed by atoms with van der Waals surface area (Å²) in [5.41, 5.74) is -0.133. The molecule has 19 heavy (non-hydrogen) atoms. The quantitative estimate of drug-likeness (QED) is 0.856. The topological polar surface area (TPSA) is 37.4 Å². The third-order valence-electron chi connectivity index (χ3n) is 3.04. The molecule has 1 aliphatic rings. The van der Waals surface area contributed by atoms with Gasteiger partial charge in [-0.2, -0.15) is 0 Å². The van der Waals surface area contributed by atoms with Crippen LogP contribution >= 0.6 is 0 Å². The molecule has 1 heterocycles. The largest absolute Gasteiger partial charge is 0.303 e. The second-order valence-corrected chi connectivity index (χ2v) is 6.49. The van der Waals surface area contributed by atoms with Crippen LogP contribution < -0.4 is 0 Å². The first-order chi connectivity index (χ1) is 13.4. The average Bonchev–Trinajstić information content (AvgIpc) is 2.58. The maximum absolute atomic E-state index is 12.1. The van der Waals surface area contributed by atoms with Crippen molar-refractivity contribution in [3.05, 3.63) is 29.7 Å². The molecule has 0 unspecified atom stereocenters. The lowest BCUT2D eigenvalue weighted by Gasteiger charge is -2.32. The Kier molecular flexibility index (Phi) is 1.87. The maximum atomic E-state index is 12.1. The Morgan fingerprint density at radius 3 is 3.16 bits per heavy atom. The molecule has 1 aromatic carbocycles. The van der Waals surface area contributed by atoms with Crippen molar-refractivity contribution in [3.63, 3.8) is 0 Å². The number of benzene rings is 1. The van der Waals surface area contributed by atoms with E-state index in [9.17, 15) is 8.42 Å². The molecule has 0 spiro atoms. The lowest BCUT2D eigenvalue weighted by Crippen LogP contribution is -2.34. The Bertz CT molecular complexity index is 943. The summed E-state index contributed by atoms with van der Waals surface area (Å²) in [6, 6.07) is -2.53. The molecule has 1 aliphatic heterocycles. The highest BCUT2D eigenvalue weighted by molar-refractivity contribution is 7.90. The van der Waals surface area contributed by atoms with E-state index in [1.165, 1.54) is 0 Å². The number of hydrogen-bond acceptors (Lipinski definition) is 3. The summed E-state index contributed by atoms with van der Waals surface area (Å²) in [6.07, 6.45) is -1.83. The van der Waals surface area contributed by atoms with E-state index >= 15 is 0 Å². The van der Waals surface area contributed by atoms with Crippen molar-refractivity contribution in [1.82, 2.24) is 4.90 Å². The Morgan fingerprint density at radius 2 is 2.42 bits per heavy atom. The summed E-state index contributed by atoms with van der Waals surface area (Å²) >= 11 is 0. The van der Waals surface area contributed by atoms with Crippen molar-refractivity contribution in [2.75, 3.05) is 25.8 Å². The van der Waals surface area contributed by atoms with Gasteiger partial charge >= 0.3 is 0 Å². The van der Waals surface area contributed by atoms with Gasteiger partial charge in [-0.1, -0.05) is 18.9 Å². The molecule has 106 valence electrons. The minimum Gasteiger partial charge on any atom is -0.303 e. The SMILES string of the molecule is [2H]c1c([2H])c([C@H]2CCCN(C([2H])([2H])C([2H])([2H])C([2H])([2H])[2H])C2)c([2H])c(S(C)(=O)=O)c1[2H]. The minimum absolute atomic E-state index is 0.0307. The van der Waals surface area contributed by atoms with E-state index in [2.05, 4.69) is 0 Å². The molecule has 0 aliphatic carbocycles. The highest BCUT2D eigenvalue weighted by atomic mass is 32.2. The summed E-state index contributed by atoms with van der Waals surface area (Å²) in [5.74, 6) is -0.800. The van der Waals surface area contributed by atoms with E-state index in [4.69, 9.17) is 15.1 Å². The van der Waals surface area contributed by atoms with Gasteiger partial charge in [0.1, 0.15) is 0 Å². The molecule has 4 heteroatoms. The zero-order valence-corrected chi connectivity index (χ0v) is 11.4. The van der Waals surface area contributed by atoms with Crippen LogP contribution in [0.5, 0.6) is 0 Å². The first kappa shape index (κ1) is 5.86. The Morgan fingerprint density at radius 1 is 1.58 bits per heavy atom. The van der Waals surface area contributed by atoms with Gasteiger partial charge in [-0.15, -0.1) is 0 Å². The number of sulfone groups is 1. The fourth-order valence-electron chi connectivity index (χ4n) is 2.12. The first-order valence-electron chi connectivity index (χ1n) is 11.4. The van der Waals surface area contributed by atoms with Gasteiger partial charge in [0.2, 0.25) is 0 Å². The zero-order valence-electron chi connectivity index (χ0n) is 21.6. The molecule has 1 aromatic rings. The third-order valence-corrected chi connectivity index (χ3v) is 3.98. The average molecular weight is 292 g/mol. The van der Waals surface area contributed by atoms with Crippen molar-refractivity contribution in [2.45, 2.75) is 36.9 Å². The van der Waals surface area contributed by atoms with Crippen molar-refractivity contribution >= 4 is 9.84 Å². The fourth-order valence-corrected chi connectivity index (χ4v) is 2.65. The van der Waals surface area contributed by atoms with Crippen molar-refractivity contribution < 1.29 is 23.5 Å². The summed E-state index contributed by atoms with van der Waals surface area (Å²) in [4.78, 5) is 0.307. The molecule has 3 nitrogen and oxygen atoms in total. The van der Waals surface area contributed by atoms with E-state index in [1.54, 1.807) is 0 Å². The minimum atomic E-state index is -4.05. The number of likely N-dealkylation sites (tertiary alicyclic amines) is 1. The molecule has 0 radical (unpaired) electrons. The van der Waals surface area contributed by atoms with Gasteiger partial charge in [0.15, 0.2) is 9.84 Å². The number of hydrogen-bond donors (Lipinski definition) is 0. The summed E-state index contributed by atoms with van der Waals surface area (Å²) in [7, 11) is -4.05. The van der Waals surface area contributed by atoms with Gasteiger partial charge in [0.25, 0.3) is 0 Å². The molecular formula is C15H23NO2S. The highest BCUT2D eigenvalue weighted by Gasteiger charge is 2.21. The van der Waals surface area contributed by atoms with E-state index in [-0.39, 0.29) is 25.1 Å². The van der Waals surface area contributed by atoms with Crippen LogP contribution in [0.4, 0.5) is 0 Å². The molecular weight excluding hydrogens is 258 g/mol. The lowest BCUT2D eigenvalue weighted by molar-refractivity contribution is 0.208. The molecule has 2 rings (SSSR count). The van der Waals surface area contributed by atoms with Crippen molar-refractivity contribution in [2.24, 2.45) is 0 Å². The predicted octanol–water partition coefficient (Wildman–Crippen LogP) is 2.68. The molecule has 0 N–H and O–H groups in total. The monoisotopic (exact) mass is 292 g/mol. The van der Waals surface area contributed by atoms with Crippen LogP contribution in [0.25, 0.3) is 0 Å². The molecule has 1 atom stereocenters. The highest BCUT2D eigenvalue weighted by Crippen LogP contribution is 2.28. The molecule has 0 aromatic heterocycles. The second kappa shape index (κ2) is 6.06. The van der Waals surface area contributed by atoms with Gasteiger partial charge in [-0.25, -0.2) is 8.42 Å². The number of nitrogens with zero attached hydrogens (tertiary/aromatic N) is 1. The Labute approximate surface area is 132 Å². The van der Waals surface area contributed by atoms with Crippen LogP contribution in [0.2, 0.25) is 0 Å². The molecule has 0 bridgehead atoms. The van der Waals surface area contributed by atoms with E-state index < -0.39 is 64.5 Å². The smallest absolute Gasteiger partial charge is 0.175 e. The van der Waals surface area contributed by atoms with Gasteiger partial charge in [0.05, 0.1) is 10.4 Å². The van der Waals surface area contributed by atoms with Crippen LogP contribution in [0.15, 0.2) is 29.1 Å². The van der Waals surface area contributed by atoms with Crippen LogP contribution in [0.1, 0.15) is 52.6 Å². The van der Waals surface area contributed by atoms with Crippen LogP contribution in [-0.2, 0) is 9.84 Å². The standard InChI is InChI=1S/C15H23NO2S/c1-3-9-16-10-5-7-14(12-16)13-6-4-8-15(11-13)19(2,17)18/h4,6,8,11,14H,3,5,7,9-10,12H2,1-2H3/t14-/m0/s1/i1D3,3D2,4D,6D,8D,9D2,11D. The van der Waals surface area contributed by atoms with Crippen molar-refractivity contribution in [3.8, 4) is 0 Å². The second-order valence-electron chi connectivity index (χ2n) is 4.54. The number of rotatable bonds is 4. The van der Waals surface area contributed by atoms with Gasteiger partial charge < -0.3 is 4.90 Å². The van der Waals surface area contributed by atoms with Gasteiger partial charge in [-0.05, 0) is 55.8 Å². The fraction of sp³-hybridized carbons (Fsp3) is 0.600. The summed E-state index contributed by atoms with van der Waals surface area (Å²) < 4.78 is 110. The van der Waals surface area contributed by atoms with E-state index in [1.807, 2.05) is 0 Å². The van der Waals surface area contributed by atoms with Crippen LogP contribution in [-0.4, -0.2) is 39.2 Å². The van der Waals surface area contributed by atoms with Crippen LogP contribution in [0.3, 0.4) is 0 Å². The zero-order chi connectivity index (χ0) is 23.4. The predicted molar refractivity (Wildman–Crippen MR) is 78.3 cm³/mol. The van der Waals surface area contributed by atoms with E-state index in [0.717, 1.165) is 11.2 Å². The molecule has 0 amide bonds. The Hall–Kier alpha value is -0.870. The first-order valence-corrected chi connectivity index (χ1v) is 7.80. The van der Waals surface area contributed by atoms with E-state index in [0.29, 0.717) is 6.42 Å². The Balaban J connectivity index is 2.57. The lowest BCUT2D eigenvalue weighted by atomic mass is 9.90. The summed E-state index contributed by atoms with van der Waals surface area (Å²) in [6.45, 7) is -6.38. The number of piperidine rings is 1. The molecule has 1 fully saturated rings. The van der Waals surface area contributed by atoms with Gasteiger partial charge in [-0.3, -0.25) is 0 Å². The third kappa shape index (κ3) is 3.80. The maximum Gasteiger partial charge on any atom is 0.175 e.